The largest absolute Gasteiger partial charge is 0.357 e. The topological polar surface area (TPSA) is 20.2 Å². The van der Waals surface area contributed by atoms with E-state index in [1.54, 1.807) is 11.4 Å². The molecule has 3 atom stereocenters. The van der Waals surface area contributed by atoms with Gasteiger partial charge in [0.25, 0.3) is 0 Å². The van der Waals surface area contributed by atoms with E-state index in [9.17, 15) is 4.89 Å². The second-order valence-electron chi connectivity index (χ2n) is 5.23. The SMILES string of the molecule is CCCC(C)CSP(O)(=S)CC(C)C(C)C. The zero-order chi connectivity index (χ0) is 12.8. The third-order valence-electron chi connectivity index (χ3n) is 3.00. The zero-order valence-electron chi connectivity index (χ0n) is 11.3. The fraction of sp³-hybridized carbons (Fsp3) is 1.00. The van der Waals surface area contributed by atoms with Gasteiger partial charge in [-0.05, 0) is 17.8 Å². The molecular weight excluding hydrogens is 255 g/mol. The van der Waals surface area contributed by atoms with Crippen LogP contribution in [0.25, 0.3) is 0 Å². The van der Waals surface area contributed by atoms with Crippen LogP contribution in [0.1, 0.15) is 47.5 Å². The van der Waals surface area contributed by atoms with Gasteiger partial charge in [0.05, 0.1) is 0 Å². The van der Waals surface area contributed by atoms with Crippen LogP contribution in [0.5, 0.6) is 0 Å². The van der Waals surface area contributed by atoms with Crippen molar-refractivity contribution in [1.82, 2.24) is 0 Å². The number of hydrogen-bond donors (Lipinski definition) is 1. The van der Waals surface area contributed by atoms with Gasteiger partial charge in [0.2, 0.25) is 0 Å². The number of rotatable bonds is 8. The maximum absolute atomic E-state index is 10.2. The molecule has 1 N–H and O–H groups in total. The zero-order valence-corrected chi connectivity index (χ0v) is 13.8. The van der Waals surface area contributed by atoms with Crippen LogP contribution in [0, 0.1) is 17.8 Å². The second kappa shape index (κ2) is 8.13. The van der Waals surface area contributed by atoms with Crippen LogP contribution < -0.4 is 0 Å². The van der Waals surface area contributed by atoms with Crippen molar-refractivity contribution in [3.05, 3.63) is 0 Å². The molecule has 0 aromatic heterocycles. The van der Waals surface area contributed by atoms with E-state index in [2.05, 4.69) is 34.6 Å². The van der Waals surface area contributed by atoms with Gasteiger partial charge >= 0.3 is 0 Å². The first-order valence-corrected chi connectivity index (χ1v) is 10.8. The Morgan fingerprint density at radius 3 is 2.25 bits per heavy atom. The summed E-state index contributed by atoms with van der Waals surface area (Å²) in [4.78, 5) is 10.2. The Hall–Kier alpha value is 0.960. The first kappa shape index (κ1) is 17.0. The van der Waals surface area contributed by atoms with Crippen LogP contribution in [0.4, 0.5) is 0 Å². The first-order chi connectivity index (χ1) is 7.28. The highest BCUT2D eigenvalue weighted by Gasteiger charge is 2.20. The van der Waals surface area contributed by atoms with Gasteiger partial charge in [0, 0.05) is 11.9 Å². The summed E-state index contributed by atoms with van der Waals surface area (Å²) in [5.41, 5.74) is -2.13. The lowest BCUT2D eigenvalue weighted by Crippen LogP contribution is -2.09. The standard InChI is InChI=1S/C12H27OPS2/c1-6-7-11(4)9-16-14(13,15)8-12(5)10(2)3/h10-12H,6-9H2,1-5H3,(H,13,15). The highest BCUT2D eigenvalue weighted by atomic mass is 32.9. The highest BCUT2D eigenvalue weighted by Crippen LogP contribution is 2.57. The molecule has 0 spiro atoms. The Morgan fingerprint density at radius 2 is 1.81 bits per heavy atom. The second-order valence-corrected chi connectivity index (χ2v) is 12.6. The molecule has 0 aliphatic carbocycles. The van der Waals surface area contributed by atoms with Gasteiger partial charge in [-0.15, -0.1) is 0 Å². The summed E-state index contributed by atoms with van der Waals surface area (Å²) in [6.45, 7) is 11.0. The first-order valence-electron chi connectivity index (χ1n) is 6.24. The molecule has 0 fully saturated rings. The summed E-state index contributed by atoms with van der Waals surface area (Å²) in [7, 11) is 0. The molecule has 0 aliphatic heterocycles. The summed E-state index contributed by atoms with van der Waals surface area (Å²) in [5, 5.41) is 0. The molecule has 0 aliphatic rings. The van der Waals surface area contributed by atoms with Crippen molar-refractivity contribution < 1.29 is 4.89 Å². The fourth-order valence-corrected chi connectivity index (χ4v) is 7.09. The van der Waals surface area contributed by atoms with Gasteiger partial charge in [-0.1, -0.05) is 70.6 Å². The molecule has 0 saturated carbocycles. The Bertz CT molecular complexity index is 231. The molecule has 0 amide bonds. The molecular formula is C12H27OPS2. The average Bonchev–Trinajstić information content (AvgIpc) is 2.14. The maximum atomic E-state index is 10.2. The molecule has 98 valence electrons. The minimum atomic E-state index is -2.13. The third-order valence-corrected chi connectivity index (χ3v) is 8.66. The maximum Gasteiger partial charge on any atom is 0.117 e. The number of hydrogen-bond acceptors (Lipinski definition) is 2. The molecule has 0 saturated heterocycles. The van der Waals surface area contributed by atoms with Crippen molar-refractivity contribution in [2.24, 2.45) is 17.8 Å². The predicted molar refractivity (Wildman–Crippen MR) is 81.9 cm³/mol. The molecule has 0 aromatic carbocycles. The van der Waals surface area contributed by atoms with Crippen LogP contribution >= 0.6 is 16.8 Å². The lowest BCUT2D eigenvalue weighted by atomic mass is 10.0. The summed E-state index contributed by atoms with van der Waals surface area (Å²) < 4.78 is 0. The minimum absolute atomic E-state index is 0.532. The van der Waals surface area contributed by atoms with Gasteiger partial charge in [0.1, 0.15) is 5.47 Å². The summed E-state index contributed by atoms with van der Waals surface area (Å²) in [6, 6.07) is 0. The Labute approximate surface area is 111 Å². The monoisotopic (exact) mass is 282 g/mol. The van der Waals surface area contributed by atoms with E-state index in [-0.39, 0.29) is 0 Å². The lowest BCUT2D eigenvalue weighted by Gasteiger charge is -2.23. The molecule has 4 heteroatoms. The highest BCUT2D eigenvalue weighted by molar-refractivity contribution is 8.69. The molecule has 0 rings (SSSR count). The lowest BCUT2D eigenvalue weighted by molar-refractivity contribution is 0.454. The van der Waals surface area contributed by atoms with E-state index in [1.165, 1.54) is 12.8 Å². The van der Waals surface area contributed by atoms with Crippen molar-refractivity contribution in [3.8, 4) is 0 Å². The molecule has 0 aromatic rings. The van der Waals surface area contributed by atoms with E-state index in [4.69, 9.17) is 11.8 Å². The molecule has 0 bridgehead atoms. The van der Waals surface area contributed by atoms with Crippen molar-refractivity contribution in [3.63, 3.8) is 0 Å². The molecule has 3 unspecified atom stereocenters. The quantitative estimate of drug-likeness (QED) is 0.649. The van der Waals surface area contributed by atoms with E-state index in [1.807, 2.05) is 0 Å². The normalized spacial score (nSPS) is 19.4. The Kier molecular flexibility index (Phi) is 8.62. The fourth-order valence-electron chi connectivity index (χ4n) is 1.45. The van der Waals surface area contributed by atoms with Gasteiger partial charge in [0.15, 0.2) is 0 Å². The molecule has 1 nitrogen and oxygen atoms in total. The van der Waals surface area contributed by atoms with Crippen LogP contribution in [0.15, 0.2) is 0 Å². The van der Waals surface area contributed by atoms with Crippen LogP contribution in [-0.4, -0.2) is 16.8 Å². The van der Waals surface area contributed by atoms with Crippen LogP contribution in [0.2, 0.25) is 0 Å². The molecule has 16 heavy (non-hydrogen) atoms. The Balaban J connectivity index is 4.00. The van der Waals surface area contributed by atoms with E-state index in [0.29, 0.717) is 17.8 Å². The molecule has 0 radical (unpaired) electrons. The average molecular weight is 282 g/mol. The predicted octanol–water partition coefficient (Wildman–Crippen LogP) is 4.75. The molecule has 0 heterocycles. The van der Waals surface area contributed by atoms with Gasteiger partial charge in [-0.25, -0.2) is 0 Å². The summed E-state index contributed by atoms with van der Waals surface area (Å²) in [5.74, 6) is 2.85. The van der Waals surface area contributed by atoms with Crippen molar-refractivity contribution >= 4 is 28.7 Å². The third kappa shape index (κ3) is 8.11. The van der Waals surface area contributed by atoms with E-state index in [0.717, 1.165) is 11.9 Å². The Morgan fingerprint density at radius 1 is 1.25 bits per heavy atom. The van der Waals surface area contributed by atoms with Crippen LogP contribution in [-0.2, 0) is 11.8 Å². The minimum Gasteiger partial charge on any atom is -0.357 e. The van der Waals surface area contributed by atoms with Crippen molar-refractivity contribution in [2.45, 2.75) is 47.5 Å². The summed E-state index contributed by atoms with van der Waals surface area (Å²) in [6.07, 6.45) is 3.28. The van der Waals surface area contributed by atoms with E-state index >= 15 is 0 Å². The van der Waals surface area contributed by atoms with Gasteiger partial charge in [-0.2, -0.15) is 0 Å². The van der Waals surface area contributed by atoms with E-state index < -0.39 is 5.47 Å². The summed E-state index contributed by atoms with van der Waals surface area (Å²) >= 11 is 7.03. The van der Waals surface area contributed by atoms with Crippen LogP contribution in [0.3, 0.4) is 0 Å². The van der Waals surface area contributed by atoms with Gasteiger partial charge < -0.3 is 4.89 Å². The van der Waals surface area contributed by atoms with Crippen molar-refractivity contribution in [1.29, 1.82) is 0 Å². The van der Waals surface area contributed by atoms with Gasteiger partial charge in [-0.3, -0.25) is 0 Å². The smallest absolute Gasteiger partial charge is 0.117 e. The van der Waals surface area contributed by atoms with Crippen molar-refractivity contribution in [2.75, 3.05) is 11.9 Å².